The smallest absolute Gasteiger partial charge is 0.401 e. The number of piperazine rings is 1. The fourth-order valence-corrected chi connectivity index (χ4v) is 10.1. The second-order valence-corrected chi connectivity index (χ2v) is 17.9. The SMILES string of the molecule is C=S1NC(=O)c2ccc3c(c2)N(CC(c2ccc(Cl)cc2CCC)CO3)CC2CCC2C(CN2CCN(CC(F)(F)F)CC2)(OC)/C=C/CC(C)C1C. The van der Waals surface area contributed by atoms with Crippen molar-refractivity contribution >= 4 is 39.7 Å². The molecule has 53 heavy (non-hydrogen) atoms. The van der Waals surface area contributed by atoms with E-state index in [4.69, 9.17) is 21.1 Å². The lowest BCUT2D eigenvalue weighted by Gasteiger charge is -2.52. The van der Waals surface area contributed by atoms with Crippen molar-refractivity contribution < 1.29 is 27.4 Å². The average molecular weight is 777 g/mol. The number of methoxy groups -OCH3 is 1. The number of nitrogens with one attached hydrogen (secondary N) is 1. The van der Waals surface area contributed by atoms with E-state index in [2.05, 4.69) is 65.4 Å². The van der Waals surface area contributed by atoms with Crippen molar-refractivity contribution in [2.24, 2.45) is 17.8 Å². The average Bonchev–Trinajstić information content (AvgIpc) is 3.28. The number of alkyl halides is 3. The van der Waals surface area contributed by atoms with Gasteiger partial charge in [0.1, 0.15) is 11.4 Å². The molecule has 2 bridgehead atoms. The van der Waals surface area contributed by atoms with Crippen molar-refractivity contribution in [3.8, 4) is 5.75 Å². The molecule has 1 N–H and O–H groups in total. The number of halogens is 4. The monoisotopic (exact) mass is 776 g/mol. The third kappa shape index (κ3) is 9.46. The normalized spacial score (nSPS) is 31.1. The van der Waals surface area contributed by atoms with E-state index in [0.717, 1.165) is 55.1 Å². The Labute approximate surface area is 321 Å². The van der Waals surface area contributed by atoms with Gasteiger partial charge in [-0.1, -0.05) is 73.6 Å². The van der Waals surface area contributed by atoms with Crippen molar-refractivity contribution in [2.75, 3.05) is 71.0 Å². The molecule has 4 aliphatic rings. The summed E-state index contributed by atoms with van der Waals surface area (Å²) in [6.07, 6.45) is 5.03. The van der Waals surface area contributed by atoms with E-state index >= 15 is 0 Å². The molecule has 2 fully saturated rings. The molecule has 0 radical (unpaired) electrons. The summed E-state index contributed by atoms with van der Waals surface area (Å²) >= 11 is 6.48. The topological polar surface area (TPSA) is 57.3 Å². The van der Waals surface area contributed by atoms with Gasteiger partial charge in [-0.05, 0) is 84.9 Å². The molecule has 7 atom stereocenters. The molecule has 0 aromatic heterocycles. The van der Waals surface area contributed by atoms with Crippen LogP contribution in [0, 0.1) is 17.8 Å². The molecular weight excluding hydrogens is 721 g/mol. The first-order chi connectivity index (χ1) is 25.3. The van der Waals surface area contributed by atoms with Gasteiger partial charge in [-0.3, -0.25) is 14.6 Å². The first-order valence-corrected chi connectivity index (χ1v) is 21.0. The van der Waals surface area contributed by atoms with Gasteiger partial charge in [0, 0.05) is 74.7 Å². The number of fused-ring (bicyclic) bond motifs is 2. The zero-order valence-corrected chi connectivity index (χ0v) is 33.2. The Kier molecular flexibility index (Phi) is 12.9. The van der Waals surface area contributed by atoms with Crippen LogP contribution in [0.4, 0.5) is 18.9 Å². The number of aryl methyl sites for hydroxylation is 1. The predicted molar refractivity (Wildman–Crippen MR) is 212 cm³/mol. The second-order valence-electron chi connectivity index (χ2n) is 15.6. The Balaban J connectivity index is 1.35. The van der Waals surface area contributed by atoms with Gasteiger partial charge in [-0.15, -0.1) is 0 Å². The summed E-state index contributed by atoms with van der Waals surface area (Å²) in [6.45, 7) is 10.1. The fourth-order valence-electron chi connectivity index (χ4n) is 8.68. The van der Waals surface area contributed by atoms with Crippen molar-refractivity contribution in [1.82, 2.24) is 14.5 Å². The summed E-state index contributed by atoms with van der Waals surface area (Å²) in [7, 11) is 1.17. The maximum Gasteiger partial charge on any atom is 0.401 e. The summed E-state index contributed by atoms with van der Waals surface area (Å²) in [6, 6.07) is 12.0. The number of rotatable bonds is 7. The molecular formula is C41H56ClF3N4O3S. The maximum absolute atomic E-state index is 13.7. The van der Waals surface area contributed by atoms with Crippen LogP contribution < -0.4 is 14.4 Å². The van der Waals surface area contributed by atoms with Crippen molar-refractivity contribution in [3.63, 3.8) is 0 Å². The molecule has 0 spiro atoms. The first-order valence-electron chi connectivity index (χ1n) is 19.2. The summed E-state index contributed by atoms with van der Waals surface area (Å²) in [5.41, 5.74) is 3.37. The summed E-state index contributed by atoms with van der Waals surface area (Å²) < 4.78 is 56.0. The number of hydrogen-bond acceptors (Lipinski definition) is 6. The molecule has 2 aromatic rings. The number of carbonyl (C=O) groups excluding carboxylic acids is 1. The van der Waals surface area contributed by atoms with Crippen LogP contribution in [0.2, 0.25) is 5.02 Å². The lowest BCUT2D eigenvalue weighted by atomic mass is 9.63. The Bertz CT molecular complexity index is 1650. The molecule has 1 aliphatic carbocycles. The van der Waals surface area contributed by atoms with Gasteiger partial charge in [0.25, 0.3) is 5.91 Å². The number of allylic oxidation sites excluding steroid dienone is 1. The zero-order valence-electron chi connectivity index (χ0n) is 31.6. The van der Waals surface area contributed by atoms with Gasteiger partial charge in [0.2, 0.25) is 0 Å². The minimum atomic E-state index is -4.20. The molecule has 292 valence electrons. The minimum Gasteiger partial charge on any atom is -0.491 e. The van der Waals surface area contributed by atoms with Gasteiger partial charge >= 0.3 is 6.18 Å². The van der Waals surface area contributed by atoms with Crippen LogP contribution in [0.25, 0.3) is 0 Å². The third-order valence-electron chi connectivity index (χ3n) is 12.1. The number of anilines is 1. The van der Waals surface area contributed by atoms with Crippen molar-refractivity contribution in [1.29, 1.82) is 0 Å². The van der Waals surface area contributed by atoms with Crippen molar-refractivity contribution in [3.05, 3.63) is 70.3 Å². The van der Waals surface area contributed by atoms with Gasteiger partial charge in [-0.25, -0.2) is 0 Å². The van der Waals surface area contributed by atoms with Crippen LogP contribution in [0.1, 0.15) is 73.9 Å². The third-order valence-corrected chi connectivity index (χ3v) is 14.2. The van der Waals surface area contributed by atoms with Gasteiger partial charge in [0.05, 0.1) is 18.8 Å². The summed E-state index contributed by atoms with van der Waals surface area (Å²) in [4.78, 5) is 19.9. The quantitative estimate of drug-likeness (QED) is 0.226. The first kappa shape index (κ1) is 40.1. The number of benzene rings is 2. The minimum absolute atomic E-state index is 0.0794. The van der Waals surface area contributed by atoms with E-state index in [1.807, 2.05) is 24.3 Å². The zero-order chi connectivity index (χ0) is 37.9. The number of ether oxygens (including phenoxy) is 2. The Morgan fingerprint density at radius 1 is 1.08 bits per heavy atom. The highest BCUT2D eigenvalue weighted by molar-refractivity contribution is 8.13. The van der Waals surface area contributed by atoms with E-state index in [9.17, 15) is 18.0 Å². The summed E-state index contributed by atoms with van der Waals surface area (Å²) in [5.74, 6) is 5.81. The fraction of sp³-hybridized carbons (Fsp3) is 0.610. The predicted octanol–water partition coefficient (Wildman–Crippen LogP) is 8.20. The molecule has 1 amide bonds. The summed E-state index contributed by atoms with van der Waals surface area (Å²) in [5, 5.41) is 0.858. The Morgan fingerprint density at radius 2 is 1.83 bits per heavy atom. The van der Waals surface area contributed by atoms with Crippen molar-refractivity contribution in [2.45, 2.75) is 75.8 Å². The number of carbonyl (C=O) groups is 1. The highest BCUT2D eigenvalue weighted by Crippen LogP contribution is 2.47. The van der Waals surface area contributed by atoms with Crippen LogP contribution in [0.5, 0.6) is 5.75 Å². The number of nitrogens with zero attached hydrogens (tertiary/aromatic N) is 3. The standard InChI is InChI=1S/C41H56ClF3N4O3S/c1-6-8-30-21-34(42)12-13-35(30)33-24-49-23-32-10-14-36(32)40(51-4,26-47-17-19-48(20-18-47)27-41(43,44)45)16-7-9-28(2)29(3)53(5)46-39(50)31-11-15-38(52-25-33)37(49)22-31/h7,11-13,15-16,21-22,28-29,32-33,36H,5-6,8-10,14,17-20,23-27H2,1-4H3,(H,46,50)/b16-7+. The molecule has 3 heterocycles. The lowest BCUT2D eigenvalue weighted by molar-refractivity contribution is -0.151. The molecule has 12 heteroatoms. The van der Waals surface area contributed by atoms with Crippen LogP contribution in [0.15, 0.2) is 48.6 Å². The van der Waals surface area contributed by atoms with Gasteiger partial charge in [-0.2, -0.15) is 13.2 Å². The van der Waals surface area contributed by atoms with E-state index in [0.29, 0.717) is 51.4 Å². The number of hydrogen-bond donors (Lipinski definition) is 1. The molecule has 1 saturated heterocycles. The molecule has 7 unspecified atom stereocenters. The Hall–Kier alpha value is -2.57. The molecule has 7 nitrogen and oxygen atoms in total. The highest BCUT2D eigenvalue weighted by Gasteiger charge is 2.49. The van der Waals surface area contributed by atoms with Crippen LogP contribution in [0.3, 0.4) is 0 Å². The number of amides is 1. The maximum atomic E-state index is 13.7. The largest absolute Gasteiger partial charge is 0.491 e. The Morgan fingerprint density at radius 3 is 2.51 bits per heavy atom. The van der Waals surface area contributed by atoms with E-state index < -0.39 is 29.0 Å². The van der Waals surface area contributed by atoms with Crippen LogP contribution in [-0.4, -0.2) is 105 Å². The molecule has 6 rings (SSSR count). The van der Waals surface area contributed by atoms with Crippen LogP contribution >= 0.6 is 22.3 Å². The van der Waals surface area contributed by atoms with E-state index in [1.54, 1.807) is 7.11 Å². The molecule has 3 aliphatic heterocycles. The second kappa shape index (κ2) is 17.1. The van der Waals surface area contributed by atoms with E-state index in [1.165, 1.54) is 16.0 Å². The molecule has 2 aromatic carbocycles. The lowest BCUT2D eigenvalue weighted by Crippen LogP contribution is -2.59. The van der Waals surface area contributed by atoms with Crippen LogP contribution in [-0.2, 0) is 11.2 Å². The van der Waals surface area contributed by atoms with Gasteiger partial charge < -0.3 is 19.1 Å². The van der Waals surface area contributed by atoms with Gasteiger partial charge in [0.15, 0.2) is 0 Å². The highest BCUT2D eigenvalue weighted by atomic mass is 35.5. The van der Waals surface area contributed by atoms with E-state index in [-0.39, 0.29) is 34.8 Å². The molecule has 1 saturated carbocycles.